The SMILES string of the molecule is CCc1ccc(-c2cc(C(=O)N3CCOCC3)c3c(C)nn(C4CCS(=O)(=O)C4)c3n2)cc1. The minimum Gasteiger partial charge on any atom is -0.378 e. The fraction of sp³-hybridized carbons (Fsp3) is 0.458. The van der Waals surface area contributed by atoms with Gasteiger partial charge in [0, 0.05) is 18.7 Å². The van der Waals surface area contributed by atoms with Gasteiger partial charge in [-0.3, -0.25) is 4.79 Å². The molecule has 2 aliphatic rings. The van der Waals surface area contributed by atoms with Crippen LogP contribution in [0, 0.1) is 6.92 Å². The zero-order valence-corrected chi connectivity index (χ0v) is 19.8. The number of sulfone groups is 1. The van der Waals surface area contributed by atoms with Crippen molar-refractivity contribution in [1.29, 1.82) is 0 Å². The molecule has 174 valence electrons. The van der Waals surface area contributed by atoms with Crippen molar-refractivity contribution in [3.8, 4) is 11.3 Å². The number of benzene rings is 1. The van der Waals surface area contributed by atoms with Crippen molar-refractivity contribution in [1.82, 2.24) is 19.7 Å². The molecule has 0 saturated carbocycles. The lowest BCUT2D eigenvalue weighted by molar-refractivity contribution is 0.0304. The number of carbonyl (C=O) groups excluding carboxylic acids is 1. The highest BCUT2D eigenvalue weighted by Crippen LogP contribution is 2.32. The molecule has 1 unspecified atom stereocenters. The normalized spacial score (nSPS) is 20.4. The molecule has 0 aliphatic carbocycles. The van der Waals surface area contributed by atoms with Crippen molar-refractivity contribution >= 4 is 26.8 Å². The second kappa shape index (κ2) is 8.53. The lowest BCUT2D eigenvalue weighted by Crippen LogP contribution is -2.40. The Kier molecular flexibility index (Phi) is 5.70. The summed E-state index contributed by atoms with van der Waals surface area (Å²) in [5.41, 5.74) is 4.63. The van der Waals surface area contributed by atoms with Crippen molar-refractivity contribution in [2.45, 2.75) is 32.7 Å². The maximum absolute atomic E-state index is 13.6. The van der Waals surface area contributed by atoms with Gasteiger partial charge < -0.3 is 9.64 Å². The Labute approximate surface area is 193 Å². The number of aryl methyl sites for hydroxylation is 2. The molecule has 33 heavy (non-hydrogen) atoms. The third kappa shape index (κ3) is 4.15. The highest BCUT2D eigenvalue weighted by molar-refractivity contribution is 7.91. The highest BCUT2D eigenvalue weighted by Gasteiger charge is 2.33. The van der Waals surface area contributed by atoms with Gasteiger partial charge in [0.05, 0.1) is 53.1 Å². The third-order valence-electron chi connectivity index (χ3n) is 6.58. The first kappa shape index (κ1) is 22.0. The summed E-state index contributed by atoms with van der Waals surface area (Å²) in [6.45, 7) is 6.08. The van der Waals surface area contributed by atoms with Crippen molar-refractivity contribution in [2.24, 2.45) is 0 Å². The predicted molar refractivity (Wildman–Crippen MR) is 126 cm³/mol. The van der Waals surface area contributed by atoms with Gasteiger partial charge in [0.1, 0.15) is 0 Å². The zero-order valence-electron chi connectivity index (χ0n) is 19.0. The van der Waals surface area contributed by atoms with Gasteiger partial charge in [0.2, 0.25) is 0 Å². The monoisotopic (exact) mass is 468 g/mol. The molecule has 2 fully saturated rings. The molecule has 8 nitrogen and oxygen atoms in total. The van der Waals surface area contributed by atoms with E-state index in [-0.39, 0.29) is 23.5 Å². The van der Waals surface area contributed by atoms with Crippen molar-refractivity contribution < 1.29 is 17.9 Å². The van der Waals surface area contributed by atoms with Crippen LogP contribution in [-0.2, 0) is 21.0 Å². The van der Waals surface area contributed by atoms with Crippen LogP contribution in [0.3, 0.4) is 0 Å². The van der Waals surface area contributed by atoms with Crippen LogP contribution in [0.4, 0.5) is 0 Å². The van der Waals surface area contributed by atoms with Crippen LogP contribution in [0.1, 0.15) is 41.0 Å². The summed E-state index contributed by atoms with van der Waals surface area (Å²) < 4.78 is 31.5. The first-order valence-electron chi connectivity index (χ1n) is 11.4. The molecular weight excluding hydrogens is 440 g/mol. The number of rotatable bonds is 4. The van der Waals surface area contributed by atoms with Crippen LogP contribution < -0.4 is 0 Å². The molecule has 1 atom stereocenters. The van der Waals surface area contributed by atoms with Gasteiger partial charge in [-0.25, -0.2) is 18.1 Å². The summed E-state index contributed by atoms with van der Waals surface area (Å²) >= 11 is 0. The fourth-order valence-corrected chi connectivity index (χ4v) is 6.39. The van der Waals surface area contributed by atoms with Gasteiger partial charge in [0.25, 0.3) is 5.91 Å². The predicted octanol–water partition coefficient (Wildman–Crippen LogP) is 2.80. The number of nitrogens with zero attached hydrogens (tertiary/aromatic N) is 4. The van der Waals surface area contributed by atoms with Crippen LogP contribution in [-0.4, -0.2) is 71.8 Å². The fourth-order valence-electron chi connectivity index (χ4n) is 4.70. The number of fused-ring (bicyclic) bond motifs is 1. The van der Waals surface area contributed by atoms with E-state index in [1.807, 2.05) is 25.1 Å². The number of hydrogen-bond donors (Lipinski definition) is 0. The molecule has 1 amide bonds. The Bertz CT molecular complexity index is 1310. The molecule has 2 aromatic heterocycles. The molecule has 2 saturated heterocycles. The Morgan fingerprint density at radius 2 is 1.91 bits per heavy atom. The summed E-state index contributed by atoms with van der Waals surface area (Å²) in [4.78, 5) is 20.3. The number of pyridine rings is 1. The topological polar surface area (TPSA) is 94.4 Å². The van der Waals surface area contributed by atoms with Gasteiger partial charge in [0.15, 0.2) is 15.5 Å². The van der Waals surface area contributed by atoms with E-state index in [2.05, 4.69) is 24.2 Å². The maximum atomic E-state index is 13.6. The van der Waals surface area contributed by atoms with Gasteiger partial charge in [-0.1, -0.05) is 31.2 Å². The molecular formula is C24H28N4O4S. The first-order chi connectivity index (χ1) is 15.9. The summed E-state index contributed by atoms with van der Waals surface area (Å²) in [6, 6.07) is 9.74. The third-order valence-corrected chi connectivity index (χ3v) is 8.33. The minimum absolute atomic E-state index is 0.0487. The van der Waals surface area contributed by atoms with E-state index in [1.165, 1.54) is 5.56 Å². The number of hydrogen-bond acceptors (Lipinski definition) is 6. The average Bonchev–Trinajstić information content (AvgIpc) is 3.37. The number of carbonyl (C=O) groups is 1. The smallest absolute Gasteiger partial charge is 0.254 e. The van der Waals surface area contributed by atoms with Crippen LogP contribution >= 0.6 is 0 Å². The second-order valence-electron chi connectivity index (χ2n) is 8.80. The van der Waals surface area contributed by atoms with E-state index in [9.17, 15) is 13.2 Å². The van der Waals surface area contributed by atoms with Gasteiger partial charge in [-0.2, -0.15) is 5.10 Å². The summed E-state index contributed by atoms with van der Waals surface area (Å²) in [5, 5.41) is 5.38. The van der Waals surface area contributed by atoms with Gasteiger partial charge in [-0.05, 0) is 31.4 Å². The summed E-state index contributed by atoms with van der Waals surface area (Å²) in [6.07, 6.45) is 1.44. The van der Waals surface area contributed by atoms with E-state index in [0.29, 0.717) is 60.7 Å². The second-order valence-corrected chi connectivity index (χ2v) is 11.0. The van der Waals surface area contributed by atoms with E-state index in [4.69, 9.17) is 9.72 Å². The number of amides is 1. The lowest BCUT2D eigenvalue weighted by atomic mass is 10.0. The van der Waals surface area contributed by atoms with Crippen LogP contribution in [0.25, 0.3) is 22.3 Å². The maximum Gasteiger partial charge on any atom is 0.254 e. The summed E-state index contributed by atoms with van der Waals surface area (Å²) in [5.74, 6) is 0.127. The molecule has 0 spiro atoms. The highest BCUT2D eigenvalue weighted by atomic mass is 32.2. The minimum atomic E-state index is -3.09. The molecule has 0 N–H and O–H groups in total. The summed E-state index contributed by atoms with van der Waals surface area (Å²) in [7, 11) is -3.09. The quantitative estimate of drug-likeness (QED) is 0.584. The van der Waals surface area contributed by atoms with Crippen molar-refractivity contribution in [2.75, 3.05) is 37.8 Å². The molecule has 1 aromatic carbocycles. The Balaban J connectivity index is 1.68. The van der Waals surface area contributed by atoms with Crippen LogP contribution in [0.2, 0.25) is 0 Å². The van der Waals surface area contributed by atoms with E-state index in [0.717, 1.165) is 12.0 Å². The average molecular weight is 469 g/mol. The van der Waals surface area contributed by atoms with Gasteiger partial charge >= 0.3 is 0 Å². The van der Waals surface area contributed by atoms with Crippen LogP contribution in [0.15, 0.2) is 30.3 Å². The van der Waals surface area contributed by atoms with Gasteiger partial charge in [-0.15, -0.1) is 0 Å². The molecule has 4 heterocycles. The van der Waals surface area contributed by atoms with Crippen molar-refractivity contribution in [3.63, 3.8) is 0 Å². The lowest BCUT2D eigenvalue weighted by Gasteiger charge is -2.27. The molecule has 9 heteroatoms. The molecule has 3 aromatic rings. The van der Waals surface area contributed by atoms with E-state index >= 15 is 0 Å². The Hall–Kier alpha value is -2.78. The molecule has 2 aliphatic heterocycles. The zero-order chi connectivity index (χ0) is 23.2. The molecule has 0 radical (unpaired) electrons. The van der Waals surface area contributed by atoms with Crippen molar-refractivity contribution in [3.05, 3.63) is 47.2 Å². The number of morpholine rings is 1. The Morgan fingerprint density at radius 1 is 1.18 bits per heavy atom. The standard InChI is InChI=1S/C24H28N4O4S/c1-3-17-4-6-18(7-5-17)21-14-20(24(29)27-9-11-32-12-10-27)22-16(2)26-28(23(22)25-21)19-8-13-33(30,31)15-19/h4-7,14,19H,3,8-13,15H2,1-2H3. The molecule has 0 bridgehead atoms. The number of ether oxygens (including phenoxy) is 1. The Morgan fingerprint density at radius 3 is 2.55 bits per heavy atom. The molecule has 5 rings (SSSR count). The van der Waals surface area contributed by atoms with E-state index < -0.39 is 9.84 Å². The van der Waals surface area contributed by atoms with Crippen LogP contribution in [0.5, 0.6) is 0 Å². The first-order valence-corrected chi connectivity index (χ1v) is 13.2. The van der Waals surface area contributed by atoms with E-state index in [1.54, 1.807) is 9.58 Å². The largest absolute Gasteiger partial charge is 0.378 e. The number of aromatic nitrogens is 3.